The molecule has 1 aliphatic heterocycles. The maximum Gasteiger partial charge on any atom is 0.261 e. The first-order chi connectivity index (χ1) is 14.5. The molecule has 8 heteroatoms. The second-order valence-corrected chi connectivity index (χ2v) is 9.36. The Kier molecular flexibility index (Phi) is 6.73. The van der Waals surface area contributed by atoms with Gasteiger partial charge in [0.1, 0.15) is 4.83 Å². The molecule has 0 aliphatic carbocycles. The van der Waals surface area contributed by atoms with Crippen molar-refractivity contribution >= 4 is 39.1 Å². The van der Waals surface area contributed by atoms with Gasteiger partial charge in [0.25, 0.3) is 5.91 Å². The number of hydrogen-bond donors (Lipinski definition) is 1. The fourth-order valence-electron chi connectivity index (χ4n) is 3.78. The second-order valence-electron chi connectivity index (χ2n) is 7.92. The number of aryl methyl sites for hydroxylation is 1. The largest absolute Gasteiger partial charge is 0.351 e. The predicted molar refractivity (Wildman–Crippen MR) is 124 cm³/mol. The van der Waals surface area contributed by atoms with Crippen LogP contribution < -0.4 is 5.32 Å². The molecule has 0 bridgehead atoms. The number of halogens is 1. The maximum atomic E-state index is 12.7. The minimum absolute atomic E-state index is 0.00160. The van der Waals surface area contributed by atoms with Crippen LogP contribution in [0, 0.1) is 6.92 Å². The zero-order valence-electron chi connectivity index (χ0n) is 17.5. The van der Waals surface area contributed by atoms with Crippen molar-refractivity contribution in [3.63, 3.8) is 0 Å². The number of likely N-dealkylation sites (N-methyl/N-ethyl adjacent to an activating group) is 1. The van der Waals surface area contributed by atoms with Crippen LogP contribution in [0.1, 0.15) is 27.3 Å². The number of piperazine rings is 1. The number of benzene rings is 1. The summed E-state index contributed by atoms with van der Waals surface area (Å²) in [7, 11) is 2.16. The normalized spacial score (nSPS) is 15.7. The van der Waals surface area contributed by atoms with E-state index in [9.17, 15) is 4.79 Å². The SMILES string of the molecule is Cc1nn(Cc2ccccc2Cl)c2sc(C(=O)NCCCN3CCN(C)CC3)cc12. The highest BCUT2D eigenvalue weighted by molar-refractivity contribution is 7.20. The number of thiophene rings is 1. The first-order valence-electron chi connectivity index (χ1n) is 10.4. The average molecular weight is 446 g/mol. The van der Waals surface area contributed by atoms with Gasteiger partial charge in [-0.1, -0.05) is 29.8 Å². The van der Waals surface area contributed by atoms with Crippen LogP contribution in [-0.4, -0.2) is 71.8 Å². The van der Waals surface area contributed by atoms with Crippen molar-refractivity contribution < 1.29 is 4.79 Å². The lowest BCUT2D eigenvalue weighted by Crippen LogP contribution is -2.45. The standard InChI is InChI=1S/C22H28ClN5OS/c1-16-18-14-20(21(29)24-8-5-9-27-12-10-26(2)11-13-27)30-22(18)28(25-16)15-17-6-3-4-7-19(17)23/h3-4,6-7,14H,5,8-13,15H2,1-2H3,(H,24,29). The van der Waals surface area contributed by atoms with Crippen molar-refractivity contribution in [2.75, 3.05) is 46.3 Å². The number of carbonyl (C=O) groups is 1. The summed E-state index contributed by atoms with van der Waals surface area (Å²) in [6.07, 6.45) is 0.972. The Hall–Kier alpha value is -1.93. The van der Waals surface area contributed by atoms with E-state index in [0.717, 1.165) is 70.5 Å². The van der Waals surface area contributed by atoms with E-state index in [1.807, 2.05) is 41.9 Å². The lowest BCUT2D eigenvalue weighted by atomic mass is 10.2. The van der Waals surface area contributed by atoms with E-state index in [4.69, 9.17) is 11.6 Å². The number of carbonyl (C=O) groups excluding carboxylic acids is 1. The Morgan fingerprint density at radius 3 is 2.77 bits per heavy atom. The molecule has 0 saturated carbocycles. The summed E-state index contributed by atoms with van der Waals surface area (Å²) >= 11 is 7.81. The van der Waals surface area contributed by atoms with Crippen LogP contribution in [0.25, 0.3) is 10.2 Å². The van der Waals surface area contributed by atoms with E-state index in [1.54, 1.807) is 0 Å². The van der Waals surface area contributed by atoms with Gasteiger partial charge in [0, 0.05) is 43.1 Å². The molecule has 1 aliphatic rings. The van der Waals surface area contributed by atoms with Gasteiger partial charge in [-0.05, 0) is 44.6 Å². The summed E-state index contributed by atoms with van der Waals surface area (Å²) in [5.74, 6) is -0.00160. The molecule has 0 spiro atoms. The van der Waals surface area contributed by atoms with Gasteiger partial charge in [0.05, 0.1) is 17.1 Å². The Morgan fingerprint density at radius 2 is 2.00 bits per heavy atom. The minimum Gasteiger partial charge on any atom is -0.351 e. The number of hydrogen-bond acceptors (Lipinski definition) is 5. The number of amides is 1. The lowest BCUT2D eigenvalue weighted by molar-refractivity contribution is 0.0953. The topological polar surface area (TPSA) is 53.4 Å². The molecule has 0 atom stereocenters. The summed E-state index contributed by atoms with van der Waals surface area (Å²) in [4.78, 5) is 19.2. The highest BCUT2D eigenvalue weighted by Gasteiger charge is 2.17. The molecule has 30 heavy (non-hydrogen) atoms. The Morgan fingerprint density at radius 1 is 1.23 bits per heavy atom. The molecule has 3 aromatic rings. The lowest BCUT2D eigenvalue weighted by Gasteiger charge is -2.32. The van der Waals surface area contributed by atoms with Crippen molar-refractivity contribution in [2.24, 2.45) is 0 Å². The number of fused-ring (bicyclic) bond motifs is 1. The molecular weight excluding hydrogens is 418 g/mol. The number of nitrogens with zero attached hydrogens (tertiary/aromatic N) is 4. The molecule has 1 aromatic carbocycles. The van der Waals surface area contributed by atoms with Crippen molar-refractivity contribution in [2.45, 2.75) is 19.9 Å². The second kappa shape index (κ2) is 9.47. The van der Waals surface area contributed by atoms with Gasteiger partial charge in [-0.3, -0.25) is 9.48 Å². The summed E-state index contributed by atoms with van der Waals surface area (Å²) in [6, 6.07) is 9.76. The van der Waals surface area contributed by atoms with Crippen LogP contribution in [0.3, 0.4) is 0 Å². The van der Waals surface area contributed by atoms with Crippen LogP contribution in [0.15, 0.2) is 30.3 Å². The molecule has 2 aromatic heterocycles. The van der Waals surface area contributed by atoms with Crippen molar-refractivity contribution in [1.82, 2.24) is 24.9 Å². The Labute approximate surface area is 186 Å². The van der Waals surface area contributed by atoms with Crippen LogP contribution in [-0.2, 0) is 6.54 Å². The number of aromatic nitrogens is 2. The van der Waals surface area contributed by atoms with Crippen molar-refractivity contribution in [3.05, 3.63) is 51.5 Å². The summed E-state index contributed by atoms with van der Waals surface area (Å²) in [6.45, 7) is 8.78. The number of nitrogens with one attached hydrogen (secondary N) is 1. The maximum absolute atomic E-state index is 12.7. The van der Waals surface area contributed by atoms with E-state index in [2.05, 4.69) is 27.3 Å². The van der Waals surface area contributed by atoms with E-state index in [0.29, 0.717) is 13.1 Å². The Balaban J connectivity index is 1.36. The molecule has 1 amide bonds. The van der Waals surface area contributed by atoms with Crippen LogP contribution in [0.5, 0.6) is 0 Å². The molecule has 1 N–H and O–H groups in total. The van der Waals surface area contributed by atoms with Gasteiger partial charge in [0.2, 0.25) is 0 Å². The first kappa shape index (κ1) is 21.3. The summed E-state index contributed by atoms with van der Waals surface area (Å²) < 4.78 is 1.95. The number of rotatable bonds is 7. The molecule has 4 rings (SSSR count). The fourth-order valence-corrected chi connectivity index (χ4v) is 5.06. The third-order valence-electron chi connectivity index (χ3n) is 5.64. The highest BCUT2D eigenvalue weighted by atomic mass is 35.5. The van der Waals surface area contributed by atoms with Crippen LogP contribution in [0.2, 0.25) is 5.02 Å². The van der Waals surface area contributed by atoms with E-state index in [-0.39, 0.29) is 5.91 Å². The summed E-state index contributed by atoms with van der Waals surface area (Å²) in [5.41, 5.74) is 1.95. The van der Waals surface area contributed by atoms with E-state index in [1.165, 1.54) is 11.3 Å². The van der Waals surface area contributed by atoms with Gasteiger partial charge >= 0.3 is 0 Å². The summed E-state index contributed by atoms with van der Waals surface area (Å²) in [5, 5.41) is 9.49. The fraction of sp³-hybridized carbons (Fsp3) is 0.455. The van der Waals surface area contributed by atoms with Crippen molar-refractivity contribution in [3.8, 4) is 0 Å². The highest BCUT2D eigenvalue weighted by Crippen LogP contribution is 2.29. The minimum atomic E-state index is -0.00160. The van der Waals surface area contributed by atoms with Gasteiger partial charge in [-0.2, -0.15) is 5.10 Å². The third kappa shape index (κ3) is 4.86. The molecule has 0 unspecified atom stereocenters. The van der Waals surface area contributed by atoms with Gasteiger partial charge in [0.15, 0.2) is 0 Å². The first-order valence-corrected chi connectivity index (χ1v) is 11.6. The Bertz CT molecular complexity index is 1020. The average Bonchev–Trinajstić information content (AvgIpc) is 3.30. The van der Waals surface area contributed by atoms with E-state index < -0.39 is 0 Å². The zero-order valence-corrected chi connectivity index (χ0v) is 19.1. The molecule has 6 nitrogen and oxygen atoms in total. The smallest absolute Gasteiger partial charge is 0.261 e. The molecule has 3 heterocycles. The molecular formula is C22H28ClN5OS. The molecule has 0 radical (unpaired) electrons. The van der Waals surface area contributed by atoms with Crippen LogP contribution in [0.4, 0.5) is 0 Å². The molecule has 1 fully saturated rings. The monoisotopic (exact) mass is 445 g/mol. The van der Waals surface area contributed by atoms with E-state index >= 15 is 0 Å². The quantitative estimate of drug-likeness (QED) is 0.566. The van der Waals surface area contributed by atoms with Gasteiger partial charge in [-0.25, -0.2) is 0 Å². The molecule has 160 valence electrons. The molecule has 1 saturated heterocycles. The third-order valence-corrected chi connectivity index (χ3v) is 7.16. The van der Waals surface area contributed by atoms with Gasteiger partial charge < -0.3 is 15.1 Å². The van der Waals surface area contributed by atoms with Crippen LogP contribution >= 0.6 is 22.9 Å². The van der Waals surface area contributed by atoms with Crippen molar-refractivity contribution in [1.29, 1.82) is 0 Å². The van der Waals surface area contributed by atoms with Gasteiger partial charge in [-0.15, -0.1) is 11.3 Å². The predicted octanol–water partition coefficient (Wildman–Crippen LogP) is 3.48. The zero-order chi connectivity index (χ0) is 21.1.